The number of halogens is 3. The van der Waals surface area contributed by atoms with Crippen LogP contribution < -0.4 is 0 Å². The smallest absolute Gasteiger partial charge is 0.416 e. The molecule has 0 heterocycles. The summed E-state index contributed by atoms with van der Waals surface area (Å²) in [5, 5.41) is 9.37. The number of hydrogen-bond acceptors (Lipinski definition) is 1. The molecule has 0 saturated heterocycles. The van der Waals surface area contributed by atoms with E-state index in [1.165, 1.54) is 18.2 Å². The molecular formula is C14H11F3O. The van der Waals surface area contributed by atoms with E-state index in [2.05, 4.69) is 0 Å². The van der Waals surface area contributed by atoms with E-state index < -0.39 is 11.7 Å². The first-order valence-electron chi connectivity index (χ1n) is 5.35. The summed E-state index contributed by atoms with van der Waals surface area (Å²) in [5.41, 5.74) is 1.24. The summed E-state index contributed by atoms with van der Waals surface area (Å²) < 4.78 is 37.6. The Labute approximate surface area is 103 Å². The lowest BCUT2D eigenvalue weighted by Gasteiger charge is -2.11. The predicted octanol–water partition coefficient (Wildman–Crippen LogP) is 4.39. The number of benzene rings is 2. The van der Waals surface area contributed by atoms with E-state index in [0.29, 0.717) is 16.7 Å². The van der Waals surface area contributed by atoms with Crippen molar-refractivity contribution in [3.05, 3.63) is 53.6 Å². The monoisotopic (exact) mass is 252 g/mol. The summed E-state index contributed by atoms with van der Waals surface area (Å²) in [6.45, 7) is 1.62. The lowest BCUT2D eigenvalue weighted by atomic mass is 9.98. The number of phenols is 1. The van der Waals surface area contributed by atoms with Gasteiger partial charge in [0.05, 0.1) is 5.56 Å². The lowest BCUT2D eigenvalue weighted by molar-refractivity contribution is -0.137. The Morgan fingerprint density at radius 1 is 1.00 bits per heavy atom. The SMILES string of the molecule is Cc1cc(C(F)(F)F)ccc1-c1cccc(O)c1. The fourth-order valence-corrected chi connectivity index (χ4v) is 1.84. The summed E-state index contributed by atoms with van der Waals surface area (Å²) in [7, 11) is 0. The highest BCUT2D eigenvalue weighted by atomic mass is 19.4. The van der Waals surface area contributed by atoms with Crippen molar-refractivity contribution in [3.8, 4) is 16.9 Å². The summed E-state index contributed by atoms with van der Waals surface area (Å²) in [4.78, 5) is 0. The summed E-state index contributed by atoms with van der Waals surface area (Å²) in [6, 6.07) is 10.0. The first-order chi connectivity index (χ1) is 8.38. The molecule has 0 aliphatic rings. The molecule has 2 aromatic rings. The maximum absolute atomic E-state index is 12.5. The van der Waals surface area contributed by atoms with Crippen LogP contribution in [0.2, 0.25) is 0 Å². The molecule has 0 aliphatic heterocycles. The van der Waals surface area contributed by atoms with Gasteiger partial charge in [-0.05, 0) is 47.9 Å². The molecule has 94 valence electrons. The van der Waals surface area contributed by atoms with Gasteiger partial charge < -0.3 is 5.11 Å². The number of aryl methyl sites for hydroxylation is 1. The summed E-state index contributed by atoms with van der Waals surface area (Å²) >= 11 is 0. The molecule has 0 saturated carbocycles. The van der Waals surface area contributed by atoms with Crippen LogP contribution in [-0.2, 0) is 6.18 Å². The van der Waals surface area contributed by atoms with Crippen molar-refractivity contribution in [2.75, 3.05) is 0 Å². The van der Waals surface area contributed by atoms with E-state index in [4.69, 9.17) is 0 Å². The van der Waals surface area contributed by atoms with Gasteiger partial charge in [-0.1, -0.05) is 18.2 Å². The molecule has 4 heteroatoms. The van der Waals surface area contributed by atoms with Crippen molar-refractivity contribution in [1.82, 2.24) is 0 Å². The van der Waals surface area contributed by atoms with Crippen LogP contribution in [0, 0.1) is 6.92 Å². The zero-order valence-corrected chi connectivity index (χ0v) is 9.62. The second-order valence-electron chi connectivity index (χ2n) is 4.08. The molecule has 0 radical (unpaired) electrons. The van der Waals surface area contributed by atoms with E-state index in [-0.39, 0.29) is 5.75 Å². The lowest BCUT2D eigenvalue weighted by Crippen LogP contribution is -2.05. The van der Waals surface area contributed by atoms with Crippen LogP contribution in [0.3, 0.4) is 0 Å². The summed E-state index contributed by atoms with van der Waals surface area (Å²) in [6.07, 6.45) is -4.33. The second-order valence-corrected chi connectivity index (χ2v) is 4.08. The third kappa shape index (κ3) is 2.47. The van der Waals surface area contributed by atoms with Gasteiger partial charge in [0.15, 0.2) is 0 Å². The largest absolute Gasteiger partial charge is 0.508 e. The molecule has 0 bridgehead atoms. The van der Waals surface area contributed by atoms with E-state index in [0.717, 1.165) is 12.1 Å². The second kappa shape index (κ2) is 4.37. The van der Waals surface area contributed by atoms with Gasteiger partial charge in [0.2, 0.25) is 0 Å². The minimum absolute atomic E-state index is 0.0896. The highest BCUT2D eigenvalue weighted by Gasteiger charge is 2.30. The van der Waals surface area contributed by atoms with E-state index >= 15 is 0 Å². The Kier molecular flexibility index (Phi) is 3.03. The maximum atomic E-state index is 12.5. The predicted molar refractivity (Wildman–Crippen MR) is 63.3 cm³/mol. The van der Waals surface area contributed by atoms with Gasteiger partial charge in [0, 0.05) is 0 Å². The van der Waals surface area contributed by atoms with Gasteiger partial charge in [-0.3, -0.25) is 0 Å². The Bertz CT molecular complexity index is 573. The van der Waals surface area contributed by atoms with Gasteiger partial charge in [0.25, 0.3) is 0 Å². The Hall–Kier alpha value is -1.97. The van der Waals surface area contributed by atoms with Crippen molar-refractivity contribution >= 4 is 0 Å². The molecule has 2 rings (SSSR count). The van der Waals surface area contributed by atoms with Crippen molar-refractivity contribution in [2.24, 2.45) is 0 Å². The average Bonchev–Trinajstić information content (AvgIpc) is 2.27. The Morgan fingerprint density at radius 3 is 2.28 bits per heavy atom. The minimum Gasteiger partial charge on any atom is -0.508 e. The van der Waals surface area contributed by atoms with E-state index in [9.17, 15) is 18.3 Å². The quantitative estimate of drug-likeness (QED) is 0.798. The third-order valence-corrected chi connectivity index (χ3v) is 2.71. The van der Waals surface area contributed by atoms with Crippen molar-refractivity contribution in [3.63, 3.8) is 0 Å². The van der Waals surface area contributed by atoms with Crippen molar-refractivity contribution < 1.29 is 18.3 Å². The van der Waals surface area contributed by atoms with Crippen molar-refractivity contribution in [2.45, 2.75) is 13.1 Å². The minimum atomic E-state index is -4.33. The Morgan fingerprint density at radius 2 is 1.72 bits per heavy atom. The van der Waals surface area contributed by atoms with Crippen LogP contribution in [-0.4, -0.2) is 5.11 Å². The molecule has 0 aromatic heterocycles. The molecule has 1 nitrogen and oxygen atoms in total. The molecule has 0 atom stereocenters. The molecule has 0 aliphatic carbocycles. The zero-order valence-electron chi connectivity index (χ0n) is 9.62. The molecule has 0 amide bonds. The van der Waals surface area contributed by atoms with Gasteiger partial charge in [-0.25, -0.2) is 0 Å². The first-order valence-corrected chi connectivity index (χ1v) is 5.35. The molecule has 1 N–H and O–H groups in total. The van der Waals surface area contributed by atoms with E-state index in [1.54, 1.807) is 19.1 Å². The van der Waals surface area contributed by atoms with Crippen LogP contribution in [0.15, 0.2) is 42.5 Å². The highest BCUT2D eigenvalue weighted by Crippen LogP contribution is 2.33. The number of phenolic OH excluding ortho intramolecular Hbond substituents is 1. The number of hydrogen-bond donors (Lipinski definition) is 1. The fourth-order valence-electron chi connectivity index (χ4n) is 1.84. The average molecular weight is 252 g/mol. The maximum Gasteiger partial charge on any atom is 0.416 e. The molecule has 18 heavy (non-hydrogen) atoms. The first kappa shape index (κ1) is 12.5. The van der Waals surface area contributed by atoms with Gasteiger partial charge in [0.1, 0.15) is 5.75 Å². The van der Waals surface area contributed by atoms with Crippen LogP contribution in [0.5, 0.6) is 5.75 Å². The highest BCUT2D eigenvalue weighted by molar-refractivity contribution is 5.68. The van der Waals surface area contributed by atoms with Crippen LogP contribution in [0.4, 0.5) is 13.2 Å². The zero-order chi connectivity index (χ0) is 13.3. The van der Waals surface area contributed by atoms with Crippen LogP contribution >= 0.6 is 0 Å². The van der Waals surface area contributed by atoms with Gasteiger partial charge >= 0.3 is 6.18 Å². The Balaban J connectivity index is 2.48. The number of aromatic hydroxyl groups is 1. The van der Waals surface area contributed by atoms with E-state index in [1.807, 2.05) is 0 Å². The van der Waals surface area contributed by atoms with Gasteiger partial charge in [-0.15, -0.1) is 0 Å². The van der Waals surface area contributed by atoms with Crippen LogP contribution in [0.25, 0.3) is 11.1 Å². The fraction of sp³-hybridized carbons (Fsp3) is 0.143. The topological polar surface area (TPSA) is 20.2 Å². The normalized spacial score (nSPS) is 11.6. The molecule has 0 spiro atoms. The van der Waals surface area contributed by atoms with Crippen molar-refractivity contribution in [1.29, 1.82) is 0 Å². The molecule has 2 aromatic carbocycles. The number of rotatable bonds is 1. The van der Waals surface area contributed by atoms with Crippen LogP contribution in [0.1, 0.15) is 11.1 Å². The molecular weight excluding hydrogens is 241 g/mol. The standard InChI is InChI=1S/C14H11F3O/c1-9-7-11(14(15,16)17)5-6-13(9)10-3-2-4-12(18)8-10/h2-8,18H,1H3. The summed E-state index contributed by atoms with van der Waals surface area (Å²) in [5.74, 6) is 0.0896. The number of alkyl halides is 3. The third-order valence-electron chi connectivity index (χ3n) is 2.71. The molecule has 0 unspecified atom stereocenters. The van der Waals surface area contributed by atoms with Gasteiger partial charge in [-0.2, -0.15) is 13.2 Å². The molecule has 0 fully saturated rings.